The summed E-state index contributed by atoms with van der Waals surface area (Å²) in [5.41, 5.74) is 1.65. The summed E-state index contributed by atoms with van der Waals surface area (Å²) in [6.07, 6.45) is 3.09. The summed E-state index contributed by atoms with van der Waals surface area (Å²) in [4.78, 5) is 16.8. The Kier molecular flexibility index (Phi) is 4.14. The second-order valence-corrected chi connectivity index (χ2v) is 6.67. The lowest BCUT2D eigenvalue weighted by Gasteiger charge is -2.19. The van der Waals surface area contributed by atoms with Crippen LogP contribution in [-0.2, 0) is 5.41 Å². The van der Waals surface area contributed by atoms with Crippen molar-refractivity contribution in [3.63, 3.8) is 0 Å². The molecule has 0 radical (unpaired) electrons. The molecule has 3 nitrogen and oxygen atoms in total. The highest BCUT2D eigenvalue weighted by atomic mass is 32.2. The maximum absolute atomic E-state index is 11.2. The minimum Gasteiger partial charge on any atom is -0.478 e. The van der Waals surface area contributed by atoms with Gasteiger partial charge in [-0.3, -0.25) is 4.98 Å². The number of carboxylic acids is 1. The zero-order chi connectivity index (χ0) is 14.8. The molecule has 0 aliphatic carbocycles. The second kappa shape index (κ2) is 5.67. The first-order valence-electron chi connectivity index (χ1n) is 6.33. The molecule has 0 fully saturated rings. The summed E-state index contributed by atoms with van der Waals surface area (Å²) in [6, 6.07) is 9.72. The number of benzene rings is 1. The number of hydrogen-bond acceptors (Lipinski definition) is 3. The van der Waals surface area contributed by atoms with E-state index >= 15 is 0 Å². The zero-order valence-corrected chi connectivity index (χ0v) is 12.6. The molecular formula is C16H17NO2S. The first-order chi connectivity index (χ1) is 9.38. The molecule has 20 heavy (non-hydrogen) atoms. The van der Waals surface area contributed by atoms with Crippen LogP contribution in [-0.4, -0.2) is 16.1 Å². The van der Waals surface area contributed by atoms with Crippen molar-refractivity contribution in [1.82, 2.24) is 4.98 Å². The van der Waals surface area contributed by atoms with Crippen molar-refractivity contribution in [2.75, 3.05) is 0 Å². The first-order valence-corrected chi connectivity index (χ1v) is 7.15. The van der Waals surface area contributed by atoms with Crippen LogP contribution in [0.3, 0.4) is 0 Å². The van der Waals surface area contributed by atoms with Gasteiger partial charge in [-0.15, -0.1) is 0 Å². The lowest BCUT2D eigenvalue weighted by Crippen LogP contribution is -2.10. The lowest BCUT2D eigenvalue weighted by atomic mass is 9.87. The van der Waals surface area contributed by atoms with Crippen LogP contribution in [0.4, 0.5) is 0 Å². The molecule has 2 aromatic rings. The maximum atomic E-state index is 11.2. The topological polar surface area (TPSA) is 50.2 Å². The van der Waals surface area contributed by atoms with Crippen molar-refractivity contribution >= 4 is 17.7 Å². The summed E-state index contributed by atoms with van der Waals surface area (Å²) >= 11 is 1.42. The molecule has 0 saturated heterocycles. The van der Waals surface area contributed by atoms with Gasteiger partial charge in [0.15, 0.2) is 0 Å². The fourth-order valence-corrected chi connectivity index (χ4v) is 2.69. The van der Waals surface area contributed by atoms with E-state index in [4.69, 9.17) is 5.11 Å². The van der Waals surface area contributed by atoms with Crippen molar-refractivity contribution in [3.05, 3.63) is 53.9 Å². The largest absolute Gasteiger partial charge is 0.478 e. The fourth-order valence-electron chi connectivity index (χ4n) is 1.79. The number of carboxylic acid groups (broad SMARTS) is 1. The third kappa shape index (κ3) is 3.39. The number of aromatic carboxylic acids is 1. The molecule has 1 aromatic heterocycles. The van der Waals surface area contributed by atoms with Crippen LogP contribution < -0.4 is 0 Å². The summed E-state index contributed by atoms with van der Waals surface area (Å²) in [6.45, 7) is 6.50. The SMILES string of the molecule is CC(C)(C)c1ccc(Sc2cnccc2C(=O)O)cc1. The van der Waals surface area contributed by atoms with Crippen molar-refractivity contribution in [2.24, 2.45) is 0 Å². The van der Waals surface area contributed by atoms with Crippen LogP contribution in [0.15, 0.2) is 52.5 Å². The van der Waals surface area contributed by atoms with Gasteiger partial charge in [-0.1, -0.05) is 44.7 Å². The molecule has 2 rings (SSSR count). The van der Waals surface area contributed by atoms with E-state index in [1.54, 1.807) is 6.20 Å². The molecule has 0 aliphatic heterocycles. The quantitative estimate of drug-likeness (QED) is 0.918. The summed E-state index contributed by atoms with van der Waals surface area (Å²) < 4.78 is 0. The molecule has 0 aliphatic rings. The monoisotopic (exact) mass is 287 g/mol. The fraction of sp³-hybridized carbons (Fsp3) is 0.250. The van der Waals surface area contributed by atoms with Crippen molar-refractivity contribution < 1.29 is 9.90 Å². The molecule has 0 unspecified atom stereocenters. The molecule has 0 bridgehead atoms. The molecule has 0 atom stereocenters. The number of aromatic nitrogens is 1. The van der Waals surface area contributed by atoms with Gasteiger partial charge in [0.1, 0.15) is 0 Å². The van der Waals surface area contributed by atoms with Gasteiger partial charge in [-0.25, -0.2) is 4.79 Å². The highest BCUT2D eigenvalue weighted by Gasteiger charge is 2.14. The maximum Gasteiger partial charge on any atom is 0.336 e. The number of rotatable bonds is 3. The van der Waals surface area contributed by atoms with E-state index in [0.717, 1.165) is 4.90 Å². The standard InChI is InChI=1S/C16H17NO2S/c1-16(2,3)11-4-6-12(7-5-11)20-14-10-17-9-8-13(14)15(18)19/h4-10H,1-3H3,(H,18,19). The molecule has 1 N–H and O–H groups in total. The van der Waals surface area contributed by atoms with E-state index in [2.05, 4.69) is 37.9 Å². The summed E-state index contributed by atoms with van der Waals surface area (Å²) in [7, 11) is 0. The third-order valence-corrected chi connectivity index (χ3v) is 4.02. The normalized spacial score (nSPS) is 11.3. The zero-order valence-electron chi connectivity index (χ0n) is 11.8. The van der Waals surface area contributed by atoms with E-state index in [1.165, 1.54) is 29.6 Å². The highest BCUT2D eigenvalue weighted by molar-refractivity contribution is 7.99. The third-order valence-electron chi connectivity index (χ3n) is 2.96. The molecule has 0 saturated carbocycles. The molecule has 0 spiro atoms. The second-order valence-electron chi connectivity index (χ2n) is 5.55. The molecule has 4 heteroatoms. The Morgan fingerprint density at radius 2 is 1.80 bits per heavy atom. The molecule has 0 amide bonds. The van der Waals surface area contributed by atoms with Gasteiger partial charge in [0.25, 0.3) is 0 Å². The van der Waals surface area contributed by atoms with Crippen LogP contribution in [0.25, 0.3) is 0 Å². The van der Waals surface area contributed by atoms with Crippen molar-refractivity contribution in [1.29, 1.82) is 0 Å². The molecular weight excluding hydrogens is 270 g/mol. The average Bonchev–Trinajstić information content (AvgIpc) is 2.38. The highest BCUT2D eigenvalue weighted by Crippen LogP contribution is 2.31. The molecule has 1 heterocycles. The molecule has 1 aromatic carbocycles. The smallest absolute Gasteiger partial charge is 0.336 e. The van der Waals surface area contributed by atoms with Crippen LogP contribution in [0.2, 0.25) is 0 Å². The van der Waals surface area contributed by atoms with E-state index in [0.29, 0.717) is 4.90 Å². The van der Waals surface area contributed by atoms with Crippen molar-refractivity contribution in [3.8, 4) is 0 Å². The average molecular weight is 287 g/mol. The summed E-state index contributed by atoms with van der Waals surface area (Å²) in [5.74, 6) is -0.929. The van der Waals surface area contributed by atoms with E-state index in [-0.39, 0.29) is 11.0 Å². The van der Waals surface area contributed by atoms with Crippen LogP contribution in [0, 0.1) is 0 Å². The Balaban J connectivity index is 2.25. The number of pyridine rings is 1. The van der Waals surface area contributed by atoms with Gasteiger partial charge in [-0.05, 0) is 29.2 Å². The first kappa shape index (κ1) is 14.6. The van der Waals surface area contributed by atoms with E-state index in [9.17, 15) is 4.79 Å². The Labute approximate surface area is 123 Å². The van der Waals surface area contributed by atoms with E-state index in [1.807, 2.05) is 12.1 Å². The minimum absolute atomic E-state index is 0.115. The minimum atomic E-state index is -0.929. The number of hydrogen-bond donors (Lipinski definition) is 1. The summed E-state index contributed by atoms with van der Waals surface area (Å²) in [5, 5.41) is 9.15. The van der Waals surface area contributed by atoms with Gasteiger partial charge < -0.3 is 5.11 Å². The van der Waals surface area contributed by atoms with Crippen LogP contribution in [0.1, 0.15) is 36.7 Å². The Bertz CT molecular complexity index is 615. The Morgan fingerprint density at radius 1 is 1.15 bits per heavy atom. The van der Waals surface area contributed by atoms with Gasteiger partial charge in [0.2, 0.25) is 0 Å². The van der Waals surface area contributed by atoms with Crippen LogP contribution >= 0.6 is 11.8 Å². The number of carbonyl (C=O) groups is 1. The van der Waals surface area contributed by atoms with Crippen molar-refractivity contribution in [2.45, 2.75) is 36.0 Å². The lowest BCUT2D eigenvalue weighted by molar-refractivity contribution is 0.0693. The molecule has 104 valence electrons. The van der Waals surface area contributed by atoms with Gasteiger partial charge in [-0.2, -0.15) is 0 Å². The van der Waals surface area contributed by atoms with E-state index < -0.39 is 5.97 Å². The van der Waals surface area contributed by atoms with Gasteiger partial charge in [0.05, 0.1) is 5.56 Å². The Morgan fingerprint density at radius 3 is 2.35 bits per heavy atom. The predicted octanol–water partition coefficient (Wildman–Crippen LogP) is 4.23. The van der Waals surface area contributed by atoms with Gasteiger partial charge in [0, 0.05) is 22.2 Å². The van der Waals surface area contributed by atoms with Crippen LogP contribution in [0.5, 0.6) is 0 Å². The Hall–Kier alpha value is -1.81. The van der Waals surface area contributed by atoms with Gasteiger partial charge >= 0.3 is 5.97 Å². The number of nitrogens with zero attached hydrogens (tertiary/aromatic N) is 1. The predicted molar refractivity (Wildman–Crippen MR) is 80.5 cm³/mol.